The predicted octanol–water partition coefficient (Wildman–Crippen LogP) is 1.68. The van der Waals surface area contributed by atoms with E-state index in [-0.39, 0.29) is 0 Å². The van der Waals surface area contributed by atoms with Crippen LogP contribution in [0.5, 0.6) is 0 Å². The molecule has 2 aliphatic rings. The number of aromatic nitrogens is 4. The minimum absolute atomic E-state index is 0.509. The van der Waals surface area contributed by atoms with Gasteiger partial charge in [-0.25, -0.2) is 4.68 Å². The molecular formula is C12H21N5. The third-order valence-electron chi connectivity index (χ3n) is 4.07. The molecule has 0 aromatic carbocycles. The van der Waals surface area contributed by atoms with Gasteiger partial charge in [-0.3, -0.25) is 0 Å². The van der Waals surface area contributed by atoms with Gasteiger partial charge in [0, 0.05) is 6.04 Å². The molecule has 0 amide bonds. The van der Waals surface area contributed by atoms with E-state index in [0.29, 0.717) is 18.0 Å². The molecule has 0 saturated heterocycles. The quantitative estimate of drug-likeness (QED) is 0.862. The molecule has 0 aliphatic heterocycles. The van der Waals surface area contributed by atoms with Gasteiger partial charge in [-0.05, 0) is 42.0 Å². The molecule has 2 unspecified atom stereocenters. The van der Waals surface area contributed by atoms with Crippen molar-refractivity contribution in [2.45, 2.75) is 64.1 Å². The lowest BCUT2D eigenvalue weighted by molar-refractivity contribution is 0.231. The highest BCUT2D eigenvalue weighted by Gasteiger charge is 2.27. The smallest absolute Gasteiger partial charge is 0.165 e. The maximum absolute atomic E-state index is 4.20. The van der Waals surface area contributed by atoms with Crippen molar-refractivity contribution in [2.24, 2.45) is 5.92 Å². The summed E-state index contributed by atoms with van der Waals surface area (Å²) in [5.74, 6) is 1.71. The van der Waals surface area contributed by atoms with Crippen molar-refractivity contribution >= 4 is 0 Å². The summed E-state index contributed by atoms with van der Waals surface area (Å²) in [7, 11) is 0. The van der Waals surface area contributed by atoms with Crippen LogP contribution in [0, 0.1) is 5.92 Å². The van der Waals surface area contributed by atoms with Crippen LogP contribution in [0.15, 0.2) is 0 Å². The Kier molecular flexibility index (Phi) is 3.09. The maximum Gasteiger partial charge on any atom is 0.165 e. The zero-order valence-electron chi connectivity index (χ0n) is 10.5. The highest BCUT2D eigenvalue weighted by atomic mass is 15.6. The fraction of sp³-hybridized carbons (Fsp3) is 0.917. The normalized spacial score (nSPS) is 29.5. The second-order valence-corrected chi connectivity index (χ2v) is 5.52. The van der Waals surface area contributed by atoms with Crippen molar-refractivity contribution in [1.82, 2.24) is 25.5 Å². The highest BCUT2D eigenvalue weighted by molar-refractivity contribution is 4.90. The van der Waals surface area contributed by atoms with Crippen LogP contribution in [0.1, 0.15) is 57.3 Å². The summed E-state index contributed by atoms with van der Waals surface area (Å²) in [5, 5.41) is 15.7. The van der Waals surface area contributed by atoms with Gasteiger partial charge in [-0.1, -0.05) is 19.8 Å². The fourth-order valence-corrected chi connectivity index (χ4v) is 2.77. The standard InChI is InChI=1S/C12H21N5/c1-9-4-2-3-5-11(9)17-12(14-15-16-17)8-13-10-6-7-10/h9-11,13H,2-8H2,1H3. The Labute approximate surface area is 102 Å². The van der Waals surface area contributed by atoms with Crippen LogP contribution in [0.2, 0.25) is 0 Å². The molecule has 1 N–H and O–H groups in total. The van der Waals surface area contributed by atoms with E-state index in [9.17, 15) is 0 Å². The Morgan fingerprint density at radius 3 is 2.82 bits per heavy atom. The van der Waals surface area contributed by atoms with Gasteiger partial charge < -0.3 is 5.32 Å². The van der Waals surface area contributed by atoms with Gasteiger partial charge in [0.1, 0.15) is 0 Å². The van der Waals surface area contributed by atoms with Gasteiger partial charge in [0.05, 0.1) is 12.6 Å². The van der Waals surface area contributed by atoms with Crippen LogP contribution in [-0.2, 0) is 6.54 Å². The van der Waals surface area contributed by atoms with Gasteiger partial charge >= 0.3 is 0 Å². The Morgan fingerprint density at radius 2 is 2.06 bits per heavy atom. The molecular weight excluding hydrogens is 214 g/mol. The molecule has 1 aromatic rings. The number of rotatable bonds is 4. The first-order chi connectivity index (χ1) is 8.34. The first kappa shape index (κ1) is 11.1. The molecule has 2 saturated carbocycles. The molecule has 0 spiro atoms. The molecule has 5 heteroatoms. The highest BCUT2D eigenvalue weighted by Crippen LogP contribution is 2.33. The Hall–Kier alpha value is -0.970. The third kappa shape index (κ3) is 2.49. The summed E-state index contributed by atoms with van der Waals surface area (Å²) < 4.78 is 2.07. The number of nitrogens with one attached hydrogen (secondary N) is 1. The van der Waals surface area contributed by atoms with Crippen LogP contribution >= 0.6 is 0 Å². The predicted molar refractivity (Wildman–Crippen MR) is 64.3 cm³/mol. The van der Waals surface area contributed by atoms with Gasteiger partial charge in [0.2, 0.25) is 0 Å². The first-order valence-electron chi connectivity index (χ1n) is 6.84. The van der Waals surface area contributed by atoms with Crippen molar-refractivity contribution in [2.75, 3.05) is 0 Å². The largest absolute Gasteiger partial charge is 0.307 e. The summed E-state index contributed by atoms with van der Waals surface area (Å²) in [6.07, 6.45) is 7.81. The Balaban J connectivity index is 1.69. The van der Waals surface area contributed by atoms with Crippen LogP contribution in [-0.4, -0.2) is 26.2 Å². The fourth-order valence-electron chi connectivity index (χ4n) is 2.77. The van der Waals surface area contributed by atoms with Crippen molar-refractivity contribution in [3.05, 3.63) is 5.82 Å². The molecule has 2 fully saturated rings. The van der Waals surface area contributed by atoms with E-state index in [0.717, 1.165) is 12.4 Å². The zero-order valence-corrected chi connectivity index (χ0v) is 10.5. The molecule has 0 radical (unpaired) electrons. The summed E-state index contributed by atoms with van der Waals surface area (Å²) in [4.78, 5) is 0. The number of hydrogen-bond acceptors (Lipinski definition) is 4. The molecule has 17 heavy (non-hydrogen) atoms. The molecule has 5 nitrogen and oxygen atoms in total. The zero-order chi connectivity index (χ0) is 11.7. The lowest BCUT2D eigenvalue weighted by Crippen LogP contribution is -2.26. The van der Waals surface area contributed by atoms with E-state index in [1.165, 1.54) is 38.5 Å². The van der Waals surface area contributed by atoms with Crippen molar-refractivity contribution in [1.29, 1.82) is 0 Å². The summed E-state index contributed by atoms with van der Waals surface area (Å²) in [6, 6.07) is 1.22. The number of hydrogen-bond donors (Lipinski definition) is 1. The lowest BCUT2D eigenvalue weighted by Gasteiger charge is -2.29. The molecule has 94 valence electrons. The molecule has 2 aliphatic carbocycles. The Morgan fingerprint density at radius 1 is 1.24 bits per heavy atom. The minimum atomic E-state index is 0.509. The van der Waals surface area contributed by atoms with E-state index in [4.69, 9.17) is 0 Å². The van der Waals surface area contributed by atoms with Gasteiger partial charge in [0.15, 0.2) is 5.82 Å². The van der Waals surface area contributed by atoms with Gasteiger partial charge in [-0.2, -0.15) is 0 Å². The first-order valence-corrected chi connectivity index (χ1v) is 6.84. The van der Waals surface area contributed by atoms with Crippen molar-refractivity contribution in [3.8, 4) is 0 Å². The van der Waals surface area contributed by atoms with E-state index < -0.39 is 0 Å². The van der Waals surface area contributed by atoms with E-state index in [1.54, 1.807) is 0 Å². The summed E-state index contributed by atoms with van der Waals surface area (Å²) >= 11 is 0. The molecule has 2 atom stereocenters. The average molecular weight is 235 g/mol. The molecule has 3 rings (SSSR count). The molecule has 0 bridgehead atoms. The van der Waals surface area contributed by atoms with Gasteiger partial charge in [-0.15, -0.1) is 5.10 Å². The van der Waals surface area contributed by atoms with E-state index in [2.05, 4.69) is 32.4 Å². The second-order valence-electron chi connectivity index (χ2n) is 5.52. The van der Waals surface area contributed by atoms with Crippen LogP contribution in [0.3, 0.4) is 0 Å². The maximum atomic E-state index is 4.20. The van der Waals surface area contributed by atoms with Crippen LogP contribution < -0.4 is 5.32 Å². The number of tetrazole rings is 1. The average Bonchev–Trinajstić information content (AvgIpc) is 3.06. The molecule has 1 aromatic heterocycles. The van der Waals surface area contributed by atoms with Crippen molar-refractivity contribution < 1.29 is 0 Å². The Bertz CT molecular complexity index is 371. The lowest BCUT2D eigenvalue weighted by atomic mass is 9.86. The van der Waals surface area contributed by atoms with E-state index >= 15 is 0 Å². The summed E-state index contributed by atoms with van der Waals surface area (Å²) in [5.41, 5.74) is 0. The monoisotopic (exact) mass is 235 g/mol. The SMILES string of the molecule is CC1CCCCC1n1nnnc1CNC1CC1. The van der Waals surface area contributed by atoms with Crippen molar-refractivity contribution in [3.63, 3.8) is 0 Å². The second kappa shape index (κ2) is 4.72. The van der Waals surface area contributed by atoms with Crippen LogP contribution in [0.25, 0.3) is 0 Å². The summed E-state index contributed by atoms with van der Waals surface area (Å²) in [6.45, 7) is 3.14. The van der Waals surface area contributed by atoms with Crippen LogP contribution in [0.4, 0.5) is 0 Å². The topological polar surface area (TPSA) is 55.6 Å². The van der Waals surface area contributed by atoms with Gasteiger partial charge in [0.25, 0.3) is 0 Å². The minimum Gasteiger partial charge on any atom is -0.307 e. The third-order valence-corrected chi connectivity index (χ3v) is 4.07. The molecule has 1 heterocycles. The van der Waals surface area contributed by atoms with E-state index in [1.807, 2.05) is 0 Å². The number of nitrogens with zero attached hydrogens (tertiary/aromatic N) is 4.